The van der Waals surface area contributed by atoms with Crippen molar-refractivity contribution in [2.75, 3.05) is 0 Å². The quantitative estimate of drug-likeness (QED) is 0.762. The summed E-state index contributed by atoms with van der Waals surface area (Å²) >= 11 is 0. The molecule has 0 saturated carbocycles. The Bertz CT molecular complexity index is 976. The van der Waals surface area contributed by atoms with E-state index in [2.05, 4.69) is 15.3 Å². The summed E-state index contributed by atoms with van der Waals surface area (Å²) in [6.07, 6.45) is 0. The highest BCUT2D eigenvalue weighted by Crippen LogP contribution is 2.22. The zero-order valence-electron chi connectivity index (χ0n) is 13.4. The van der Waals surface area contributed by atoms with E-state index in [0.717, 1.165) is 11.1 Å². The van der Waals surface area contributed by atoms with E-state index >= 15 is 0 Å². The van der Waals surface area contributed by atoms with E-state index in [1.54, 1.807) is 6.07 Å². The first kappa shape index (κ1) is 15.0. The molecule has 1 heterocycles. The summed E-state index contributed by atoms with van der Waals surface area (Å²) in [5, 5.41) is 2.92. The number of nitrogens with one attached hydrogen (secondary N) is 1. The highest BCUT2D eigenvalue weighted by atomic mass is 16.1. The largest absolute Gasteiger partial charge is 0.306 e. The summed E-state index contributed by atoms with van der Waals surface area (Å²) in [5.41, 5.74) is 2.86. The molecule has 4 nitrogen and oxygen atoms in total. The fraction of sp³-hybridized carbons (Fsp3) is 0. The van der Waals surface area contributed by atoms with Crippen LogP contribution in [0.25, 0.3) is 0 Å². The first-order valence-corrected chi connectivity index (χ1v) is 8.00. The zero-order chi connectivity index (χ0) is 17.1. The van der Waals surface area contributed by atoms with Gasteiger partial charge < -0.3 is 5.32 Å². The monoisotopic (exact) mass is 325 g/mol. The molecule has 1 amide bonds. The van der Waals surface area contributed by atoms with Gasteiger partial charge >= 0.3 is 0 Å². The maximum absolute atomic E-state index is 12.6. The molecule has 1 aliphatic rings. The maximum Gasteiger partial charge on any atom is 0.259 e. The molecule has 0 unspecified atom stereocenters. The van der Waals surface area contributed by atoms with Crippen LogP contribution in [0.3, 0.4) is 0 Å². The SMILES string of the molecule is O=C1NC(c2ccccc2)=NC(c2ccccc2)=Nc2ccccc21. The third-order valence-electron chi connectivity index (χ3n) is 3.90. The predicted molar refractivity (Wildman–Crippen MR) is 99.5 cm³/mol. The predicted octanol–water partition coefficient (Wildman–Crippen LogP) is 3.96. The van der Waals surface area contributed by atoms with Crippen LogP contribution in [0, 0.1) is 0 Å². The summed E-state index contributed by atoms with van der Waals surface area (Å²) in [6.45, 7) is 0. The van der Waals surface area contributed by atoms with Gasteiger partial charge in [-0.15, -0.1) is 0 Å². The van der Waals surface area contributed by atoms with Gasteiger partial charge in [-0.3, -0.25) is 4.79 Å². The van der Waals surface area contributed by atoms with Crippen molar-refractivity contribution in [1.82, 2.24) is 5.32 Å². The van der Waals surface area contributed by atoms with Crippen molar-refractivity contribution in [2.45, 2.75) is 0 Å². The zero-order valence-corrected chi connectivity index (χ0v) is 13.4. The highest BCUT2D eigenvalue weighted by Gasteiger charge is 2.18. The second-order valence-electron chi connectivity index (χ2n) is 5.60. The third kappa shape index (κ3) is 3.10. The van der Waals surface area contributed by atoms with E-state index in [4.69, 9.17) is 0 Å². The maximum atomic E-state index is 12.6. The molecule has 0 saturated heterocycles. The Labute approximate surface area is 145 Å². The van der Waals surface area contributed by atoms with Crippen LogP contribution < -0.4 is 5.32 Å². The summed E-state index contributed by atoms with van der Waals surface area (Å²) in [4.78, 5) is 21.9. The highest BCUT2D eigenvalue weighted by molar-refractivity contribution is 6.20. The fourth-order valence-corrected chi connectivity index (χ4v) is 2.66. The lowest BCUT2D eigenvalue weighted by Crippen LogP contribution is -2.33. The van der Waals surface area contributed by atoms with Gasteiger partial charge in [0.2, 0.25) is 0 Å². The number of amides is 1. The van der Waals surface area contributed by atoms with Gasteiger partial charge in [0.25, 0.3) is 5.91 Å². The Morgan fingerprint density at radius 2 is 1.24 bits per heavy atom. The number of carbonyl (C=O) groups excluding carboxylic acids is 1. The smallest absolute Gasteiger partial charge is 0.259 e. The fourth-order valence-electron chi connectivity index (χ4n) is 2.66. The molecular formula is C21H15N3O. The number of carbonyl (C=O) groups is 1. The Kier molecular flexibility index (Phi) is 3.92. The average molecular weight is 325 g/mol. The third-order valence-corrected chi connectivity index (χ3v) is 3.90. The second kappa shape index (κ2) is 6.53. The molecule has 1 N–H and O–H groups in total. The van der Waals surface area contributed by atoms with Crippen LogP contribution in [0.5, 0.6) is 0 Å². The number of aliphatic imine (C=N–C) groups is 2. The molecule has 4 heteroatoms. The van der Waals surface area contributed by atoms with Crippen LogP contribution >= 0.6 is 0 Å². The first-order chi connectivity index (χ1) is 12.3. The minimum absolute atomic E-state index is 0.214. The van der Waals surface area contributed by atoms with Crippen LogP contribution in [0.15, 0.2) is 94.9 Å². The van der Waals surface area contributed by atoms with Crippen LogP contribution in [-0.2, 0) is 0 Å². The van der Waals surface area contributed by atoms with Crippen molar-refractivity contribution < 1.29 is 4.79 Å². The van der Waals surface area contributed by atoms with Gasteiger partial charge in [-0.1, -0.05) is 72.8 Å². The van der Waals surface area contributed by atoms with Crippen molar-refractivity contribution in [1.29, 1.82) is 0 Å². The Balaban J connectivity index is 1.93. The standard InChI is InChI=1S/C21H15N3O/c25-21-17-13-7-8-14-18(17)22-19(15-9-3-1-4-10-15)23-20(24-21)16-11-5-2-6-12-16/h1-14H,(H,22,23,24,25). The Morgan fingerprint density at radius 1 is 0.640 bits per heavy atom. The van der Waals surface area contributed by atoms with Crippen LogP contribution in [0.2, 0.25) is 0 Å². The van der Waals surface area contributed by atoms with Crippen LogP contribution in [0.4, 0.5) is 5.69 Å². The lowest BCUT2D eigenvalue weighted by atomic mass is 10.1. The molecule has 0 fully saturated rings. The average Bonchev–Trinajstić information content (AvgIpc) is 2.67. The Morgan fingerprint density at radius 3 is 1.96 bits per heavy atom. The molecule has 0 aromatic heterocycles. The number of hydrogen-bond donors (Lipinski definition) is 1. The molecule has 3 aromatic carbocycles. The number of para-hydroxylation sites is 1. The van der Waals surface area contributed by atoms with Gasteiger partial charge in [0.1, 0.15) is 5.84 Å². The molecule has 4 rings (SSSR count). The molecule has 0 aliphatic carbocycles. The van der Waals surface area contributed by atoms with Gasteiger partial charge in [0, 0.05) is 11.1 Å². The van der Waals surface area contributed by atoms with E-state index in [0.29, 0.717) is 22.9 Å². The molecule has 1 aliphatic heterocycles. The summed E-state index contributed by atoms with van der Waals surface area (Å²) < 4.78 is 0. The molecule has 120 valence electrons. The first-order valence-electron chi connectivity index (χ1n) is 8.00. The van der Waals surface area contributed by atoms with Gasteiger partial charge in [-0.25, -0.2) is 9.98 Å². The lowest BCUT2D eigenvalue weighted by Gasteiger charge is -2.15. The van der Waals surface area contributed by atoms with E-state index < -0.39 is 0 Å². The number of fused-ring (bicyclic) bond motifs is 1. The number of rotatable bonds is 2. The molecule has 0 atom stereocenters. The van der Waals surface area contributed by atoms with Gasteiger partial charge in [0.05, 0.1) is 11.3 Å². The van der Waals surface area contributed by atoms with E-state index in [9.17, 15) is 4.79 Å². The molecule has 25 heavy (non-hydrogen) atoms. The van der Waals surface area contributed by atoms with Gasteiger partial charge in [-0.2, -0.15) is 0 Å². The molecule has 0 radical (unpaired) electrons. The summed E-state index contributed by atoms with van der Waals surface area (Å²) in [5.74, 6) is 0.837. The normalized spacial score (nSPS) is 13.7. The van der Waals surface area contributed by atoms with Gasteiger partial charge in [-0.05, 0) is 12.1 Å². The Hall–Kier alpha value is -3.53. The van der Waals surface area contributed by atoms with Crippen molar-refractivity contribution in [3.05, 3.63) is 102 Å². The van der Waals surface area contributed by atoms with E-state index in [-0.39, 0.29) is 5.91 Å². The molecule has 3 aromatic rings. The van der Waals surface area contributed by atoms with E-state index in [1.165, 1.54) is 0 Å². The van der Waals surface area contributed by atoms with Crippen molar-refractivity contribution >= 4 is 23.3 Å². The molecule has 0 spiro atoms. The molecule has 0 bridgehead atoms. The number of benzene rings is 3. The summed E-state index contributed by atoms with van der Waals surface area (Å²) in [6, 6.07) is 26.6. The number of hydrogen-bond acceptors (Lipinski definition) is 3. The van der Waals surface area contributed by atoms with E-state index in [1.807, 2.05) is 78.9 Å². The van der Waals surface area contributed by atoms with Crippen molar-refractivity contribution in [3.8, 4) is 0 Å². The number of amidine groups is 2. The summed E-state index contributed by atoms with van der Waals surface area (Å²) in [7, 11) is 0. The lowest BCUT2D eigenvalue weighted by molar-refractivity contribution is 0.0978. The van der Waals surface area contributed by atoms with Gasteiger partial charge in [0.15, 0.2) is 5.84 Å². The second-order valence-corrected chi connectivity index (χ2v) is 5.60. The van der Waals surface area contributed by atoms with Crippen molar-refractivity contribution in [3.63, 3.8) is 0 Å². The van der Waals surface area contributed by atoms with Crippen LogP contribution in [-0.4, -0.2) is 17.6 Å². The molecular weight excluding hydrogens is 310 g/mol. The van der Waals surface area contributed by atoms with Crippen molar-refractivity contribution in [2.24, 2.45) is 9.98 Å². The topological polar surface area (TPSA) is 53.8 Å². The van der Waals surface area contributed by atoms with Crippen LogP contribution in [0.1, 0.15) is 21.5 Å². The number of nitrogens with zero attached hydrogens (tertiary/aromatic N) is 2. The minimum Gasteiger partial charge on any atom is -0.306 e. The minimum atomic E-state index is -0.214.